The fourth-order valence-electron chi connectivity index (χ4n) is 2.71. The molecular weight excluding hydrogens is 267 g/mol. The van der Waals surface area contributed by atoms with E-state index < -0.39 is 0 Å². The number of likely N-dealkylation sites (N-methyl/N-ethyl adjacent to an activating group) is 2. The normalized spacial score (nSPS) is 15.8. The molecule has 0 bridgehead atoms. The van der Waals surface area contributed by atoms with E-state index in [2.05, 4.69) is 45.1 Å². The van der Waals surface area contributed by atoms with Crippen molar-refractivity contribution in [3.05, 3.63) is 29.6 Å². The summed E-state index contributed by atoms with van der Waals surface area (Å²) in [6.45, 7) is 7.44. The Morgan fingerprint density at radius 3 is 2.43 bits per heavy atom. The van der Waals surface area contributed by atoms with Crippen LogP contribution in [0.3, 0.4) is 0 Å². The molecule has 2 unspecified atom stereocenters. The lowest BCUT2D eigenvalue weighted by Crippen LogP contribution is -2.57. The van der Waals surface area contributed by atoms with Gasteiger partial charge in [-0.1, -0.05) is 19.9 Å². The van der Waals surface area contributed by atoms with Crippen molar-refractivity contribution in [1.29, 1.82) is 0 Å². The van der Waals surface area contributed by atoms with Gasteiger partial charge in [-0.2, -0.15) is 0 Å². The van der Waals surface area contributed by atoms with Gasteiger partial charge < -0.3 is 15.0 Å². The van der Waals surface area contributed by atoms with E-state index in [1.54, 1.807) is 12.1 Å². The predicted octanol–water partition coefficient (Wildman–Crippen LogP) is 3.09. The van der Waals surface area contributed by atoms with Gasteiger partial charge in [0.2, 0.25) is 0 Å². The molecule has 0 radical (unpaired) electrons. The fraction of sp³-hybridized carbons (Fsp3) is 0.647. The number of rotatable bonds is 8. The minimum absolute atomic E-state index is 0.0203. The van der Waals surface area contributed by atoms with Gasteiger partial charge in [0.15, 0.2) is 11.6 Å². The molecule has 1 aromatic rings. The highest BCUT2D eigenvalue weighted by Crippen LogP contribution is 2.25. The Morgan fingerprint density at radius 2 is 2.00 bits per heavy atom. The molecule has 1 rings (SSSR count). The van der Waals surface area contributed by atoms with Crippen molar-refractivity contribution in [2.75, 3.05) is 27.7 Å². The molecule has 1 aromatic carbocycles. The van der Waals surface area contributed by atoms with E-state index in [1.807, 2.05) is 6.07 Å². The van der Waals surface area contributed by atoms with Gasteiger partial charge >= 0.3 is 0 Å². The zero-order valence-electron chi connectivity index (χ0n) is 14.2. The van der Waals surface area contributed by atoms with Crippen molar-refractivity contribution in [3.8, 4) is 5.75 Å². The van der Waals surface area contributed by atoms with E-state index >= 15 is 0 Å². The van der Waals surface area contributed by atoms with Gasteiger partial charge in [-0.05, 0) is 58.1 Å². The minimum atomic E-state index is -0.298. The second-order valence-electron chi connectivity index (χ2n) is 5.89. The Balaban J connectivity index is 3.00. The van der Waals surface area contributed by atoms with Crippen LogP contribution in [0.4, 0.5) is 4.39 Å². The summed E-state index contributed by atoms with van der Waals surface area (Å²) in [7, 11) is 5.69. The molecule has 0 spiro atoms. The van der Waals surface area contributed by atoms with Gasteiger partial charge in [0.1, 0.15) is 0 Å². The monoisotopic (exact) mass is 296 g/mol. The van der Waals surface area contributed by atoms with Gasteiger partial charge in [0, 0.05) is 11.6 Å². The van der Waals surface area contributed by atoms with Crippen LogP contribution < -0.4 is 10.1 Å². The second-order valence-corrected chi connectivity index (χ2v) is 5.89. The Hall–Kier alpha value is -1.13. The highest BCUT2D eigenvalue weighted by atomic mass is 19.1. The molecule has 120 valence electrons. The molecule has 0 aliphatic heterocycles. The number of ether oxygens (including phenoxy) is 1. The third-order valence-electron chi connectivity index (χ3n) is 4.59. The molecule has 0 aliphatic rings. The molecule has 0 aliphatic carbocycles. The number of methoxy groups -OCH3 is 1. The highest BCUT2D eigenvalue weighted by molar-refractivity contribution is 5.30. The fourth-order valence-corrected chi connectivity index (χ4v) is 2.71. The van der Waals surface area contributed by atoms with Crippen molar-refractivity contribution in [2.45, 2.75) is 45.2 Å². The molecule has 3 nitrogen and oxygen atoms in total. The van der Waals surface area contributed by atoms with E-state index in [1.165, 1.54) is 7.11 Å². The van der Waals surface area contributed by atoms with Crippen LogP contribution in [0.5, 0.6) is 5.75 Å². The van der Waals surface area contributed by atoms with Crippen LogP contribution in [0.15, 0.2) is 18.2 Å². The Kier molecular flexibility index (Phi) is 6.62. The van der Waals surface area contributed by atoms with Gasteiger partial charge in [-0.15, -0.1) is 0 Å². The maximum atomic E-state index is 13.9. The van der Waals surface area contributed by atoms with Gasteiger partial charge in [0.05, 0.1) is 7.11 Å². The quantitative estimate of drug-likeness (QED) is 0.798. The molecule has 2 atom stereocenters. The molecular formula is C17H29FN2O. The first-order valence-corrected chi connectivity index (χ1v) is 7.62. The summed E-state index contributed by atoms with van der Waals surface area (Å²) in [5.74, 6) is -0.00193. The van der Waals surface area contributed by atoms with E-state index in [-0.39, 0.29) is 17.4 Å². The zero-order chi connectivity index (χ0) is 16.0. The summed E-state index contributed by atoms with van der Waals surface area (Å²) in [5.41, 5.74) is 1.01. The van der Waals surface area contributed by atoms with Crippen LogP contribution >= 0.6 is 0 Å². The second kappa shape index (κ2) is 7.76. The van der Waals surface area contributed by atoms with Crippen LogP contribution in [0.2, 0.25) is 0 Å². The number of hydrogen-bond donors (Lipinski definition) is 1. The Labute approximate surface area is 128 Å². The number of halogens is 1. The summed E-state index contributed by atoms with van der Waals surface area (Å²) in [6.07, 6.45) is 1.81. The van der Waals surface area contributed by atoms with Crippen molar-refractivity contribution in [3.63, 3.8) is 0 Å². The number of nitrogens with zero attached hydrogens (tertiary/aromatic N) is 1. The maximum Gasteiger partial charge on any atom is 0.165 e. The van der Waals surface area contributed by atoms with Crippen molar-refractivity contribution in [2.24, 2.45) is 0 Å². The van der Waals surface area contributed by atoms with Crippen LogP contribution in [0.1, 0.15) is 32.8 Å². The van der Waals surface area contributed by atoms with Crippen LogP contribution in [0, 0.1) is 5.82 Å². The van der Waals surface area contributed by atoms with Crippen LogP contribution in [-0.2, 0) is 6.42 Å². The third-order valence-corrected chi connectivity index (χ3v) is 4.59. The van der Waals surface area contributed by atoms with Gasteiger partial charge in [-0.3, -0.25) is 0 Å². The molecule has 1 N–H and O–H groups in total. The lowest BCUT2D eigenvalue weighted by molar-refractivity contribution is 0.113. The summed E-state index contributed by atoms with van der Waals surface area (Å²) in [6, 6.07) is 5.48. The lowest BCUT2D eigenvalue weighted by Gasteiger charge is -2.43. The first-order valence-electron chi connectivity index (χ1n) is 7.62. The molecule has 0 fully saturated rings. The molecule has 0 heterocycles. The number of nitrogens with one attached hydrogen (secondary N) is 1. The Morgan fingerprint density at radius 1 is 1.33 bits per heavy atom. The smallest absolute Gasteiger partial charge is 0.165 e. The predicted molar refractivity (Wildman–Crippen MR) is 86.5 cm³/mol. The van der Waals surface area contributed by atoms with Crippen LogP contribution in [-0.4, -0.2) is 44.2 Å². The maximum absolute atomic E-state index is 13.9. The van der Waals surface area contributed by atoms with Crippen molar-refractivity contribution >= 4 is 0 Å². The topological polar surface area (TPSA) is 24.5 Å². The van der Waals surface area contributed by atoms with Crippen molar-refractivity contribution in [1.82, 2.24) is 10.2 Å². The summed E-state index contributed by atoms with van der Waals surface area (Å²) in [4.78, 5) is 2.25. The molecule has 0 saturated heterocycles. The average Bonchev–Trinajstić information content (AvgIpc) is 2.46. The van der Waals surface area contributed by atoms with E-state index in [9.17, 15) is 4.39 Å². The largest absolute Gasteiger partial charge is 0.494 e. The van der Waals surface area contributed by atoms with Gasteiger partial charge in [-0.25, -0.2) is 4.39 Å². The SMILES string of the molecule is CCNC(Cc1ccc(OC)c(F)c1)C(C)(CC)N(C)C. The molecule has 4 heteroatoms. The number of hydrogen-bond acceptors (Lipinski definition) is 3. The molecule has 0 saturated carbocycles. The van der Waals surface area contributed by atoms with E-state index in [0.717, 1.165) is 24.9 Å². The molecule has 0 amide bonds. The van der Waals surface area contributed by atoms with E-state index in [4.69, 9.17) is 4.74 Å². The zero-order valence-corrected chi connectivity index (χ0v) is 14.2. The van der Waals surface area contributed by atoms with E-state index in [0.29, 0.717) is 5.75 Å². The van der Waals surface area contributed by atoms with Crippen LogP contribution in [0.25, 0.3) is 0 Å². The summed E-state index contributed by atoms with van der Waals surface area (Å²) < 4.78 is 18.8. The van der Waals surface area contributed by atoms with Crippen molar-refractivity contribution < 1.29 is 9.13 Å². The Bertz CT molecular complexity index is 450. The highest BCUT2D eigenvalue weighted by Gasteiger charge is 2.34. The first kappa shape index (κ1) is 17.9. The minimum Gasteiger partial charge on any atom is -0.494 e. The average molecular weight is 296 g/mol. The lowest BCUT2D eigenvalue weighted by atomic mass is 9.84. The number of benzene rings is 1. The summed E-state index contributed by atoms with van der Waals surface area (Å²) in [5, 5.41) is 3.56. The van der Waals surface area contributed by atoms with Gasteiger partial charge in [0.25, 0.3) is 0 Å². The summed E-state index contributed by atoms with van der Waals surface area (Å²) >= 11 is 0. The first-order chi connectivity index (χ1) is 9.88. The molecule has 21 heavy (non-hydrogen) atoms. The molecule has 0 aromatic heterocycles. The third kappa shape index (κ3) is 4.17. The standard InChI is InChI=1S/C17H29FN2O/c1-7-17(3,20(4)5)16(19-8-2)12-13-9-10-15(21-6)14(18)11-13/h9-11,16,19H,7-8,12H2,1-6H3.